The number of nitrogens with one attached hydrogen (secondary N) is 1. The molecular weight excluding hydrogens is 338 g/mol. The summed E-state index contributed by atoms with van der Waals surface area (Å²) >= 11 is 5.95. The summed E-state index contributed by atoms with van der Waals surface area (Å²) in [5, 5.41) is 3.51. The first kappa shape index (κ1) is 17.4. The lowest BCUT2D eigenvalue weighted by atomic mass is 10.2. The molecule has 0 atom stereocenters. The number of benzene rings is 2. The Balaban J connectivity index is 1.53. The average molecular weight is 360 g/mol. The number of hydrogen-bond acceptors (Lipinski definition) is 3. The quantitative estimate of drug-likeness (QED) is 0.894. The number of anilines is 2. The predicted octanol–water partition coefficient (Wildman–Crippen LogP) is 4.09. The van der Waals surface area contributed by atoms with Gasteiger partial charge >= 0.3 is 6.03 Å². The Hall–Kier alpha value is -2.40. The third-order valence-electron chi connectivity index (χ3n) is 4.16. The van der Waals surface area contributed by atoms with Crippen LogP contribution in [-0.4, -0.2) is 43.7 Å². The number of halogens is 1. The molecule has 5 nitrogen and oxygen atoms in total. The summed E-state index contributed by atoms with van der Waals surface area (Å²) in [4.78, 5) is 16.5. The van der Waals surface area contributed by atoms with Gasteiger partial charge in [-0.15, -0.1) is 0 Å². The van der Waals surface area contributed by atoms with Crippen LogP contribution < -0.4 is 15.0 Å². The minimum Gasteiger partial charge on any atom is -0.494 e. The SMILES string of the molecule is CCOc1ccc(N2CCN(C(=O)Nc3cccc(Cl)c3)CC2)cc1. The van der Waals surface area contributed by atoms with Gasteiger partial charge < -0.3 is 19.9 Å². The van der Waals surface area contributed by atoms with Crippen LogP contribution in [0, 0.1) is 0 Å². The second-order valence-corrected chi connectivity index (χ2v) is 6.28. The third-order valence-corrected chi connectivity index (χ3v) is 4.39. The van der Waals surface area contributed by atoms with E-state index in [9.17, 15) is 4.79 Å². The second-order valence-electron chi connectivity index (χ2n) is 5.84. The molecule has 1 aliphatic rings. The van der Waals surface area contributed by atoms with Gasteiger partial charge in [0.15, 0.2) is 0 Å². The fourth-order valence-corrected chi connectivity index (χ4v) is 3.05. The zero-order valence-electron chi connectivity index (χ0n) is 14.2. The van der Waals surface area contributed by atoms with E-state index in [1.165, 1.54) is 0 Å². The van der Waals surface area contributed by atoms with Gasteiger partial charge in [0.25, 0.3) is 0 Å². The van der Waals surface area contributed by atoms with Gasteiger partial charge in [0, 0.05) is 42.6 Å². The van der Waals surface area contributed by atoms with Crippen LogP contribution in [0.1, 0.15) is 6.92 Å². The molecule has 1 aliphatic heterocycles. The van der Waals surface area contributed by atoms with Gasteiger partial charge in [-0.05, 0) is 49.4 Å². The van der Waals surface area contributed by atoms with Crippen molar-refractivity contribution in [2.75, 3.05) is 43.0 Å². The lowest BCUT2D eigenvalue weighted by Gasteiger charge is -2.36. The van der Waals surface area contributed by atoms with Crippen LogP contribution in [0.25, 0.3) is 0 Å². The summed E-state index contributed by atoms with van der Waals surface area (Å²) in [5.74, 6) is 0.880. The van der Waals surface area contributed by atoms with Gasteiger partial charge in [-0.25, -0.2) is 4.79 Å². The van der Waals surface area contributed by atoms with Crippen molar-refractivity contribution in [2.24, 2.45) is 0 Å². The van der Waals surface area contributed by atoms with Crippen molar-refractivity contribution in [1.82, 2.24) is 4.90 Å². The Morgan fingerprint density at radius 2 is 1.84 bits per heavy atom. The minimum absolute atomic E-state index is 0.0892. The van der Waals surface area contributed by atoms with Crippen LogP contribution in [0.3, 0.4) is 0 Å². The number of carbonyl (C=O) groups excluding carboxylic acids is 1. The van der Waals surface area contributed by atoms with Crippen molar-refractivity contribution in [3.05, 3.63) is 53.6 Å². The molecule has 0 spiro atoms. The summed E-state index contributed by atoms with van der Waals surface area (Å²) in [6.07, 6.45) is 0. The lowest BCUT2D eigenvalue weighted by molar-refractivity contribution is 0.208. The normalized spacial score (nSPS) is 14.3. The molecule has 2 aromatic carbocycles. The van der Waals surface area contributed by atoms with Crippen LogP contribution in [0.2, 0.25) is 5.02 Å². The van der Waals surface area contributed by atoms with Crippen LogP contribution in [0.15, 0.2) is 48.5 Å². The standard InChI is InChI=1S/C19H22ClN3O2/c1-2-25-18-8-6-17(7-9-18)22-10-12-23(13-11-22)19(24)21-16-5-3-4-15(20)14-16/h3-9,14H,2,10-13H2,1H3,(H,21,24). The Kier molecular flexibility index (Phi) is 5.66. The van der Waals surface area contributed by atoms with Crippen molar-refractivity contribution < 1.29 is 9.53 Å². The Morgan fingerprint density at radius 3 is 2.48 bits per heavy atom. The molecule has 6 heteroatoms. The number of piperazine rings is 1. The maximum Gasteiger partial charge on any atom is 0.321 e. The fourth-order valence-electron chi connectivity index (χ4n) is 2.86. The Bertz CT molecular complexity index is 713. The van der Waals surface area contributed by atoms with E-state index in [0.29, 0.717) is 30.4 Å². The van der Waals surface area contributed by atoms with Crippen molar-refractivity contribution in [3.8, 4) is 5.75 Å². The molecule has 3 rings (SSSR count). The third kappa shape index (κ3) is 4.57. The zero-order chi connectivity index (χ0) is 17.6. The van der Waals surface area contributed by atoms with Crippen LogP contribution in [0.4, 0.5) is 16.2 Å². The van der Waals surface area contributed by atoms with E-state index in [4.69, 9.17) is 16.3 Å². The fraction of sp³-hybridized carbons (Fsp3) is 0.316. The molecule has 0 bridgehead atoms. The molecule has 2 amide bonds. The number of hydrogen-bond donors (Lipinski definition) is 1. The first-order valence-electron chi connectivity index (χ1n) is 8.45. The molecule has 1 heterocycles. The van der Waals surface area contributed by atoms with Gasteiger partial charge in [0.1, 0.15) is 5.75 Å². The highest BCUT2D eigenvalue weighted by Crippen LogP contribution is 2.21. The number of nitrogens with zero attached hydrogens (tertiary/aromatic N) is 2. The van der Waals surface area contributed by atoms with E-state index in [-0.39, 0.29) is 6.03 Å². The molecule has 0 radical (unpaired) electrons. The summed E-state index contributed by atoms with van der Waals surface area (Å²) in [7, 11) is 0. The molecule has 0 aliphatic carbocycles. The van der Waals surface area contributed by atoms with Crippen molar-refractivity contribution in [3.63, 3.8) is 0 Å². The number of carbonyl (C=O) groups is 1. The molecular formula is C19H22ClN3O2. The average Bonchev–Trinajstić information content (AvgIpc) is 2.63. The van der Waals surface area contributed by atoms with Gasteiger partial charge in [0.2, 0.25) is 0 Å². The van der Waals surface area contributed by atoms with Crippen molar-refractivity contribution >= 4 is 29.0 Å². The summed E-state index contributed by atoms with van der Waals surface area (Å²) in [5.41, 5.74) is 1.87. The van der Waals surface area contributed by atoms with Crippen molar-refractivity contribution in [2.45, 2.75) is 6.92 Å². The maximum absolute atomic E-state index is 12.4. The molecule has 1 fully saturated rings. The van der Waals surface area contributed by atoms with E-state index >= 15 is 0 Å². The Labute approximate surface area is 153 Å². The minimum atomic E-state index is -0.0892. The maximum atomic E-state index is 12.4. The summed E-state index contributed by atoms with van der Waals surface area (Å²) in [6, 6.07) is 15.2. The highest BCUT2D eigenvalue weighted by Gasteiger charge is 2.21. The van der Waals surface area contributed by atoms with Gasteiger partial charge in [0.05, 0.1) is 6.61 Å². The predicted molar refractivity (Wildman–Crippen MR) is 102 cm³/mol. The van der Waals surface area contributed by atoms with E-state index < -0.39 is 0 Å². The molecule has 0 saturated carbocycles. The number of ether oxygens (including phenoxy) is 1. The first-order chi connectivity index (χ1) is 12.2. The van der Waals surface area contributed by atoms with E-state index in [1.54, 1.807) is 12.1 Å². The molecule has 1 saturated heterocycles. The van der Waals surface area contributed by atoms with E-state index in [1.807, 2.05) is 36.1 Å². The van der Waals surface area contributed by atoms with Crippen LogP contribution in [-0.2, 0) is 0 Å². The molecule has 0 aromatic heterocycles. The Morgan fingerprint density at radius 1 is 1.12 bits per heavy atom. The topological polar surface area (TPSA) is 44.8 Å². The smallest absolute Gasteiger partial charge is 0.321 e. The highest BCUT2D eigenvalue weighted by molar-refractivity contribution is 6.30. The summed E-state index contributed by atoms with van der Waals surface area (Å²) in [6.45, 7) is 5.61. The largest absolute Gasteiger partial charge is 0.494 e. The lowest BCUT2D eigenvalue weighted by Crippen LogP contribution is -2.50. The number of rotatable bonds is 4. The molecule has 1 N–H and O–H groups in total. The van der Waals surface area contributed by atoms with Crippen molar-refractivity contribution in [1.29, 1.82) is 0 Å². The first-order valence-corrected chi connectivity index (χ1v) is 8.83. The zero-order valence-corrected chi connectivity index (χ0v) is 15.0. The van der Waals surface area contributed by atoms with Crippen LogP contribution >= 0.6 is 11.6 Å². The van der Waals surface area contributed by atoms with Crippen LogP contribution in [0.5, 0.6) is 5.75 Å². The van der Waals surface area contributed by atoms with E-state index in [2.05, 4.69) is 22.3 Å². The second kappa shape index (κ2) is 8.12. The molecule has 25 heavy (non-hydrogen) atoms. The van der Waals surface area contributed by atoms with Gasteiger partial charge in [-0.2, -0.15) is 0 Å². The monoisotopic (exact) mass is 359 g/mol. The summed E-state index contributed by atoms with van der Waals surface area (Å²) < 4.78 is 5.47. The van der Waals surface area contributed by atoms with Gasteiger partial charge in [-0.3, -0.25) is 0 Å². The number of urea groups is 1. The molecule has 0 unspecified atom stereocenters. The highest BCUT2D eigenvalue weighted by atomic mass is 35.5. The molecule has 2 aromatic rings. The van der Waals surface area contributed by atoms with Gasteiger partial charge in [-0.1, -0.05) is 17.7 Å². The number of amides is 2. The molecule has 132 valence electrons. The van der Waals surface area contributed by atoms with E-state index in [0.717, 1.165) is 24.5 Å².